The molecule has 1 saturated heterocycles. The van der Waals surface area contributed by atoms with Crippen molar-refractivity contribution in [2.75, 3.05) is 19.7 Å². The highest BCUT2D eigenvalue weighted by Crippen LogP contribution is 2.09. The molecule has 1 heterocycles. The van der Waals surface area contributed by atoms with E-state index in [1.165, 1.54) is 0 Å². The third-order valence-corrected chi connectivity index (χ3v) is 4.72. The number of amides is 2. The van der Waals surface area contributed by atoms with E-state index in [2.05, 4.69) is 16.0 Å². The molecule has 2 aromatic carbocycles. The zero-order valence-corrected chi connectivity index (χ0v) is 15.9. The molecular weight excluding hydrogens is 354 g/mol. The van der Waals surface area contributed by atoms with Gasteiger partial charge in [0.1, 0.15) is 5.75 Å². The van der Waals surface area contributed by atoms with Gasteiger partial charge < -0.3 is 20.7 Å². The molecule has 1 aliphatic rings. The number of para-hydroxylation sites is 1. The molecule has 0 atom stereocenters. The van der Waals surface area contributed by atoms with Crippen molar-refractivity contribution in [3.8, 4) is 5.75 Å². The highest BCUT2D eigenvalue weighted by atomic mass is 16.5. The number of nitrogens with one attached hydrogen (secondary N) is 3. The fraction of sp³-hybridized carbons (Fsp3) is 0.364. The summed E-state index contributed by atoms with van der Waals surface area (Å²) in [6.07, 6.45) is 2.22. The first-order chi connectivity index (χ1) is 13.7. The van der Waals surface area contributed by atoms with E-state index in [1.54, 1.807) is 12.1 Å². The number of carbonyl (C=O) groups excluding carboxylic acids is 2. The molecule has 6 heteroatoms. The monoisotopic (exact) mass is 381 g/mol. The predicted octanol–water partition coefficient (Wildman–Crippen LogP) is 2.25. The summed E-state index contributed by atoms with van der Waals surface area (Å²) in [4.78, 5) is 24.3. The third kappa shape index (κ3) is 6.39. The summed E-state index contributed by atoms with van der Waals surface area (Å²) in [5.41, 5.74) is 1.60. The van der Waals surface area contributed by atoms with E-state index in [4.69, 9.17) is 4.74 Å². The molecule has 0 saturated carbocycles. The van der Waals surface area contributed by atoms with Crippen molar-refractivity contribution in [3.63, 3.8) is 0 Å². The molecule has 148 valence electrons. The van der Waals surface area contributed by atoms with Crippen LogP contribution in [0.15, 0.2) is 54.6 Å². The van der Waals surface area contributed by atoms with Crippen molar-refractivity contribution < 1.29 is 14.3 Å². The Morgan fingerprint density at radius 3 is 2.43 bits per heavy atom. The van der Waals surface area contributed by atoms with Gasteiger partial charge >= 0.3 is 0 Å². The number of carbonyl (C=O) groups is 2. The molecule has 28 heavy (non-hydrogen) atoms. The fourth-order valence-corrected chi connectivity index (χ4v) is 3.08. The van der Waals surface area contributed by atoms with Crippen LogP contribution in [-0.4, -0.2) is 37.6 Å². The lowest BCUT2D eigenvalue weighted by Gasteiger charge is -2.23. The van der Waals surface area contributed by atoms with Crippen LogP contribution in [-0.2, 0) is 11.3 Å². The maximum Gasteiger partial charge on any atom is 0.251 e. The van der Waals surface area contributed by atoms with Gasteiger partial charge in [-0.25, -0.2) is 0 Å². The molecule has 0 unspecified atom stereocenters. The first kappa shape index (κ1) is 19.9. The molecule has 2 aromatic rings. The zero-order chi connectivity index (χ0) is 19.6. The Labute approximate surface area is 165 Å². The molecule has 0 spiro atoms. The first-order valence-corrected chi connectivity index (χ1v) is 9.76. The largest absolute Gasteiger partial charge is 0.493 e. The summed E-state index contributed by atoms with van der Waals surface area (Å²) < 4.78 is 5.52. The lowest BCUT2D eigenvalue weighted by Crippen LogP contribution is -2.42. The van der Waals surface area contributed by atoms with Gasteiger partial charge in [0.2, 0.25) is 5.91 Å². The van der Waals surface area contributed by atoms with E-state index >= 15 is 0 Å². The molecule has 1 aliphatic heterocycles. The number of rotatable bonds is 8. The van der Waals surface area contributed by atoms with Crippen LogP contribution in [0, 0.1) is 0 Å². The van der Waals surface area contributed by atoms with E-state index in [1.807, 2.05) is 42.5 Å². The van der Waals surface area contributed by atoms with E-state index in [-0.39, 0.29) is 17.9 Å². The fourth-order valence-electron chi connectivity index (χ4n) is 3.08. The Morgan fingerprint density at radius 1 is 1.00 bits per heavy atom. The number of hydrogen-bond acceptors (Lipinski definition) is 4. The van der Waals surface area contributed by atoms with E-state index in [0.29, 0.717) is 25.1 Å². The Hall–Kier alpha value is -2.86. The SMILES string of the molecule is O=C(CCOc1ccccc1)NCc1ccc(C(=O)NC2CCNCC2)cc1. The maximum absolute atomic E-state index is 12.3. The molecule has 3 N–H and O–H groups in total. The van der Waals surface area contributed by atoms with Gasteiger partial charge in [-0.15, -0.1) is 0 Å². The highest BCUT2D eigenvalue weighted by Gasteiger charge is 2.16. The van der Waals surface area contributed by atoms with Crippen LogP contribution in [0.1, 0.15) is 35.2 Å². The molecule has 6 nitrogen and oxygen atoms in total. The van der Waals surface area contributed by atoms with Crippen molar-refractivity contribution in [1.29, 1.82) is 0 Å². The minimum absolute atomic E-state index is 0.0412. The van der Waals surface area contributed by atoms with Crippen molar-refractivity contribution in [2.24, 2.45) is 0 Å². The summed E-state index contributed by atoms with van der Waals surface area (Å²) in [5, 5.41) is 9.24. The van der Waals surface area contributed by atoms with E-state index < -0.39 is 0 Å². The molecule has 0 radical (unpaired) electrons. The lowest BCUT2D eigenvalue weighted by atomic mass is 10.1. The van der Waals surface area contributed by atoms with E-state index in [9.17, 15) is 9.59 Å². The average molecular weight is 381 g/mol. The molecule has 2 amide bonds. The average Bonchev–Trinajstić information content (AvgIpc) is 2.74. The summed E-state index contributed by atoms with van der Waals surface area (Å²) in [6, 6.07) is 17.0. The van der Waals surface area contributed by atoms with Gasteiger partial charge in [0.05, 0.1) is 13.0 Å². The Morgan fingerprint density at radius 2 is 1.71 bits per heavy atom. The van der Waals surface area contributed by atoms with E-state index in [0.717, 1.165) is 37.2 Å². The Bertz CT molecular complexity index is 756. The van der Waals surface area contributed by atoms with Crippen LogP contribution in [0.25, 0.3) is 0 Å². The molecular formula is C22H27N3O3. The lowest BCUT2D eigenvalue weighted by molar-refractivity contribution is -0.121. The second-order valence-corrected chi connectivity index (χ2v) is 6.88. The molecule has 0 bridgehead atoms. The second kappa shape index (κ2) is 10.5. The normalized spacial score (nSPS) is 14.3. The van der Waals surface area contributed by atoms with Crippen LogP contribution in [0.5, 0.6) is 5.75 Å². The topological polar surface area (TPSA) is 79.5 Å². The second-order valence-electron chi connectivity index (χ2n) is 6.88. The van der Waals surface area contributed by atoms with Crippen LogP contribution in [0.4, 0.5) is 0 Å². The van der Waals surface area contributed by atoms with Crippen LogP contribution in [0.2, 0.25) is 0 Å². The van der Waals surface area contributed by atoms with Gasteiger partial charge in [-0.1, -0.05) is 30.3 Å². The van der Waals surface area contributed by atoms with Gasteiger partial charge in [0.25, 0.3) is 5.91 Å². The van der Waals surface area contributed by atoms with Gasteiger partial charge in [0, 0.05) is 18.2 Å². The Balaban J connectivity index is 1.37. The first-order valence-electron chi connectivity index (χ1n) is 9.76. The van der Waals surface area contributed by atoms with Crippen LogP contribution in [0.3, 0.4) is 0 Å². The standard InChI is InChI=1S/C22H27N3O3/c26-21(12-15-28-20-4-2-1-3-5-20)24-16-17-6-8-18(9-7-17)22(27)25-19-10-13-23-14-11-19/h1-9,19,23H,10-16H2,(H,24,26)(H,25,27). The Kier molecular flexibility index (Phi) is 7.44. The van der Waals surface area contributed by atoms with Crippen molar-refractivity contribution in [2.45, 2.75) is 31.8 Å². The minimum Gasteiger partial charge on any atom is -0.493 e. The molecule has 3 rings (SSSR count). The molecule has 0 aromatic heterocycles. The van der Waals surface area contributed by atoms with Crippen LogP contribution < -0.4 is 20.7 Å². The smallest absolute Gasteiger partial charge is 0.251 e. The quantitative estimate of drug-likeness (QED) is 0.655. The summed E-state index contributed by atoms with van der Waals surface area (Å²) in [5.74, 6) is 0.651. The van der Waals surface area contributed by atoms with Crippen molar-refractivity contribution >= 4 is 11.8 Å². The zero-order valence-electron chi connectivity index (χ0n) is 15.9. The number of ether oxygens (including phenoxy) is 1. The van der Waals surface area contributed by atoms with Crippen molar-refractivity contribution in [1.82, 2.24) is 16.0 Å². The maximum atomic E-state index is 12.3. The van der Waals surface area contributed by atoms with Crippen molar-refractivity contribution in [3.05, 3.63) is 65.7 Å². The van der Waals surface area contributed by atoms with Gasteiger partial charge in [-0.05, 0) is 55.8 Å². The summed E-state index contributed by atoms with van der Waals surface area (Å²) >= 11 is 0. The third-order valence-electron chi connectivity index (χ3n) is 4.72. The number of piperidine rings is 1. The minimum atomic E-state index is -0.0661. The molecule has 1 fully saturated rings. The predicted molar refractivity (Wildman–Crippen MR) is 108 cm³/mol. The van der Waals surface area contributed by atoms with Gasteiger partial charge in [-0.3, -0.25) is 9.59 Å². The highest BCUT2D eigenvalue weighted by molar-refractivity contribution is 5.94. The number of hydrogen-bond donors (Lipinski definition) is 3. The summed E-state index contributed by atoms with van der Waals surface area (Å²) in [7, 11) is 0. The molecule has 0 aliphatic carbocycles. The van der Waals surface area contributed by atoms with Crippen LogP contribution >= 0.6 is 0 Å². The summed E-state index contributed by atoms with van der Waals surface area (Å²) in [6.45, 7) is 2.66. The number of benzene rings is 2. The van der Waals surface area contributed by atoms with Gasteiger partial charge in [0.15, 0.2) is 0 Å². The van der Waals surface area contributed by atoms with Gasteiger partial charge in [-0.2, -0.15) is 0 Å².